The van der Waals surface area contributed by atoms with Crippen LogP contribution in [0.25, 0.3) is 11.0 Å². The highest BCUT2D eigenvalue weighted by Gasteiger charge is 2.05. The van der Waals surface area contributed by atoms with E-state index in [4.69, 9.17) is 10.2 Å². The van der Waals surface area contributed by atoms with E-state index in [0.717, 1.165) is 21.8 Å². The Labute approximate surface area is 216 Å². The van der Waals surface area contributed by atoms with Crippen LogP contribution in [0.3, 0.4) is 0 Å². The molecule has 2 heterocycles. The van der Waals surface area contributed by atoms with Gasteiger partial charge in [0.1, 0.15) is 0 Å². The van der Waals surface area contributed by atoms with Gasteiger partial charge < -0.3 is 25.4 Å². The van der Waals surface area contributed by atoms with Gasteiger partial charge in [0, 0.05) is 11.9 Å². The fourth-order valence-electron chi connectivity index (χ4n) is 2.87. The minimum absolute atomic E-state index is 0.105. The number of thioether (sulfide) groups is 1. The molecule has 0 fully saturated rings. The SMILES string of the molecule is O=C(O)c1ccccc1.O=C(O)c1ccccc1.Oc1ccc(CSc2nc3ccncc3[nH]2)cc1O. The number of rotatable bonds is 5. The molecular weight excluding hydrogens is 494 g/mol. The number of phenolic OH excluding ortho intramolecular Hbond substituents is 2. The number of phenols is 2. The Morgan fingerprint density at radius 1 is 0.784 bits per heavy atom. The molecule has 37 heavy (non-hydrogen) atoms. The van der Waals surface area contributed by atoms with Crippen molar-refractivity contribution in [2.24, 2.45) is 0 Å². The summed E-state index contributed by atoms with van der Waals surface area (Å²) < 4.78 is 0. The minimum atomic E-state index is -0.879. The summed E-state index contributed by atoms with van der Waals surface area (Å²) in [5.74, 6) is -1.32. The van der Waals surface area contributed by atoms with E-state index >= 15 is 0 Å². The highest BCUT2D eigenvalue weighted by molar-refractivity contribution is 7.98. The normalized spacial score (nSPS) is 9.95. The molecule has 3 aromatic carbocycles. The van der Waals surface area contributed by atoms with Crippen LogP contribution in [0.15, 0.2) is 102 Å². The molecule has 10 heteroatoms. The molecule has 5 rings (SSSR count). The van der Waals surface area contributed by atoms with Gasteiger partial charge in [0.05, 0.1) is 28.4 Å². The molecule has 9 nitrogen and oxygen atoms in total. The first kappa shape index (κ1) is 26.8. The maximum Gasteiger partial charge on any atom is 0.335 e. The summed E-state index contributed by atoms with van der Waals surface area (Å²) in [6.07, 6.45) is 3.44. The average Bonchev–Trinajstić information content (AvgIpc) is 3.34. The molecule has 5 N–H and O–H groups in total. The Bertz CT molecular complexity index is 1380. The van der Waals surface area contributed by atoms with E-state index in [-0.39, 0.29) is 11.5 Å². The molecule has 0 aliphatic carbocycles. The van der Waals surface area contributed by atoms with Crippen molar-refractivity contribution in [3.63, 3.8) is 0 Å². The third-order valence-corrected chi connectivity index (χ3v) is 5.66. The van der Waals surface area contributed by atoms with Gasteiger partial charge in [-0.3, -0.25) is 4.98 Å². The van der Waals surface area contributed by atoms with Gasteiger partial charge in [-0.1, -0.05) is 54.2 Å². The first-order chi connectivity index (χ1) is 17.8. The molecule has 0 saturated carbocycles. The number of hydrogen-bond acceptors (Lipinski definition) is 7. The number of pyridine rings is 1. The van der Waals surface area contributed by atoms with Gasteiger partial charge in [0.15, 0.2) is 16.7 Å². The number of benzene rings is 3. The number of aromatic nitrogens is 3. The van der Waals surface area contributed by atoms with Crippen LogP contribution in [0, 0.1) is 0 Å². The zero-order valence-electron chi connectivity index (χ0n) is 19.4. The molecule has 0 radical (unpaired) electrons. The first-order valence-electron chi connectivity index (χ1n) is 10.8. The standard InChI is InChI=1S/C13H11N3O2S.2C7H6O2/c17-11-2-1-8(5-12(11)18)7-19-13-15-9-3-4-14-6-10(9)16-13;2*8-7(9)6-4-2-1-3-5-6/h1-6,17-18H,7H2,(H,15,16);2*1-5H,(H,8,9). The van der Waals surface area contributed by atoms with Crippen LogP contribution < -0.4 is 0 Å². The van der Waals surface area contributed by atoms with Crippen molar-refractivity contribution in [1.82, 2.24) is 15.0 Å². The van der Waals surface area contributed by atoms with Crippen molar-refractivity contribution in [1.29, 1.82) is 0 Å². The van der Waals surface area contributed by atoms with E-state index in [9.17, 15) is 19.8 Å². The summed E-state index contributed by atoms with van der Waals surface area (Å²) in [7, 11) is 0. The zero-order chi connectivity index (χ0) is 26.6. The molecule has 5 aromatic rings. The predicted molar refractivity (Wildman–Crippen MR) is 140 cm³/mol. The second-order valence-electron chi connectivity index (χ2n) is 7.39. The molecule has 0 aliphatic heterocycles. The lowest BCUT2D eigenvalue weighted by atomic mass is 10.2. The fourth-order valence-corrected chi connectivity index (χ4v) is 3.70. The summed E-state index contributed by atoms with van der Waals surface area (Å²) in [5, 5.41) is 36.2. The van der Waals surface area contributed by atoms with E-state index in [0.29, 0.717) is 16.9 Å². The number of nitrogens with one attached hydrogen (secondary N) is 1. The Hall–Kier alpha value is -4.83. The van der Waals surface area contributed by atoms with Crippen molar-refractivity contribution in [2.45, 2.75) is 10.9 Å². The summed E-state index contributed by atoms with van der Waals surface area (Å²) in [6.45, 7) is 0. The summed E-state index contributed by atoms with van der Waals surface area (Å²) in [5.41, 5.74) is 3.36. The van der Waals surface area contributed by atoms with Gasteiger partial charge in [-0.25, -0.2) is 14.6 Å². The van der Waals surface area contributed by atoms with E-state index in [1.54, 1.807) is 85.2 Å². The number of aromatic carboxylic acids is 2. The Kier molecular flexibility index (Phi) is 9.63. The van der Waals surface area contributed by atoms with Crippen LogP contribution in [0.2, 0.25) is 0 Å². The third kappa shape index (κ3) is 8.41. The van der Waals surface area contributed by atoms with Crippen molar-refractivity contribution < 1.29 is 30.0 Å². The van der Waals surface area contributed by atoms with Crippen LogP contribution in [-0.2, 0) is 5.75 Å². The zero-order valence-corrected chi connectivity index (χ0v) is 20.2. The Balaban J connectivity index is 0.000000176. The number of aromatic amines is 1. The summed E-state index contributed by atoms with van der Waals surface area (Å²) >= 11 is 1.53. The first-order valence-corrected chi connectivity index (χ1v) is 11.8. The third-order valence-electron chi connectivity index (χ3n) is 4.72. The van der Waals surface area contributed by atoms with Crippen LogP contribution in [0.1, 0.15) is 26.3 Å². The van der Waals surface area contributed by atoms with Crippen LogP contribution in [0.5, 0.6) is 11.5 Å². The molecule has 0 aliphatic rings. The number of nitrogens with zero attached hydrogens (tertiary/aromatic N) is 2. The quantitative estimate of drug-likeness (QED) is 0.151. The second kappa shape index (κ2) is 13.3. The molecule has 0 unspecified atom stereocenters. The monoisotopic (exact) mass is 517 g/mol. The topological polar surface area (TPSA) is 157 Å². The number of fused-ring (bicyclic) bond motifs is 1. The van der Waals surface area contributed by atoms with Crippen molar-refractivity contribution in [3.05, 3.63) is 114 Å². The molecule has 0 atom stereocenters. The lowest BCUT2D eigenvalue weighted by molar-refractivity contribution is 0.0686. The van der Waals surface area contributed by atoms with Gasteiger partial charge in [-0.15, -0.1) is 0 Å². The number of carbonyl (C=O) groups is 2. The van der Waals surface area contributed by atoms with Crippen LogP contribution in [-0.4, -0.2) is 47.3 Å². The fraction of sp³-hybridized carbons (Fsp3) is 0.0370. The van der Waals surface area contributed by atoms with Crippen molar-refractivity contribution in [3.8, 4) is 11.5 Å². The molecule has 0 amide bonds. The van der Waals surface area contributed by atoms with Crippen molar-refractivity contribution in [2.75, 3.05) is 0 Å². The molecule has 2 aromatic heterocycles. The van der Waals surface area contributed by atoms with Crippen LogP contribution >= 0.6 is 11.8 Å². The van der Waals surface area contributed by atoms with Gasteiger partial charge >= 0.3 is 11.9 Å². The van der Waals surface area contributed by atoms with E-state index in [2.05, 4.69) is 15.0 Å². The maximum atomic E-state index is 10.2. The van der Waals surface area contributed by atoms with Gasteiger partial charge in [-0.05, 0) is 48.0 Å². The van der Waals surface area contributed by atoms with E-state index in [1.807, 2.05) is 6.07 Å². The smallest absolute Gasteiger partial charge is 0.335 e. The second-order valence-corrected chi connectivity index (χ2v) is 8.35. The number of imidazole rings is 1. The average molecular weight is 518 g/mol. The number of carboxylic acid groups (broad SMARTS) is 2. The lowest BCUT2D eigenvalue weighted by Crippen LogP contribution is -1.93. The molecule has 0 spiro atoms. The summed E-state index contributed by atoms with van der Waals surface area (Å²) in [4.78, 5) is 32.0. The highest BCUT2D eigenvalue weighted by Crippen LogP contribution is 2.28. The van der Waals surface area contributed by atoms with Crippen molar-refractivity contribution >= 4 is 34.7 Å². The van der Waals surface area contributed by atoms with E-state index in [1.165, 1.54) is 17.8 Å². The number of H-pyrrole nitrogens is 1. The van der Waals surface area contributed by atoms with Crippen LogP contribution in [0.4, 0.5) is 0 Å². The minimum Gasteiger partial charge on any atom is -0.504 e. The van der Waals surface area contributed by atoms with Gasteiger partial charge in [0.25, 0.3) is 0 Å². The summed E-state index contributed by atoms with van der Waals surface area (Å²) in [6, 6.07) is 23.2. The Morgan fingerprint density at radius 3 is 1.86 bits per heavy atom. The number of carboxylic acids is 2. The molecular formula is C27H23N3O6S. The van der Waals surface area contributed by atoms with Gasteiger partial charge in [-0.2, -0.15) is 0 Å². The molecule has 0 saturated heterocycles. The Morgan fingerprint density at radius 2 is 1.38 bits per heavy atom. The van der Waals surface area contributed by atoms with Gasteiger partial charge in [0.2, 0.25) is 0 Å². The predicted octanol–water partition coefficient (Wildman–Crippen LogP) is 5.43. The largest absolute Gasteiger partial charge is 0.504 e. The van der Waals surface area contributed by atoms with E-state index < -0.39 is 11.9 Å². The number of hydrogen-bond donors (Lipinski definition) is 5. The highest BCUT2D eigenvalue weighted by atomic mass is 32.2. The number of aromatic hydroxyl groups is 2. The maximum absolute atomic E-state index is 10.2. The molecule has 188 valence electrons. The lowest BCUT2D eigenvalue weighted by Gasteiger charge is -2.01. The molecule has 0 bridgehead atoms.